The zero-order valence-corrected chi connectivity index (χ0v) is 9.94. The molecule has 1 heterocycles. The van der Waals surface area contributed by atoms with Crippen molar-refractivity contribution in [1.29, 1.82) is 0 Å². The SMILES string of the molecule is Cc1ccc(CNCCc2ccc(O)cc2)o1. The van der Waals surface area contributed by atoms with Gasteiger partial charge >= 0.3 is 0 Å². The van der Waals surface area contributed by atoms with Crippen LogP contribution in [0, 0.1) is 6.92 Å². The van der Waals surface area contributed by atoms with E-state index in [1.54, 1.807) is 12.1 Å². The van der Waals surface area contributed by atoms with Crippen LogP contribution in [0.5, 0.6) is 5.75 Å². The molecule has 0 bridgehead atoms. The lowest BCUT2D eigenvalue weighted by Crippen LogP contribution is -2.16. The first-order valence-electron chi connectivity index (χ1n) is 5.78. The molecule has 0 fully saturated rings. The van der Waals surface area contributed by atoms with Crippen molar-refractivity contribution in [3.8, 4) is 5.75 Å². The van der Waals surface area contributed by atoms with Crippen molar-refractivity contribution in [2.24, 2.45) is 0 Å². The molecule has 2 N–H and O–H groups in total. The summed E-state index contributed by atoms with van der Waals surface area (Å²) in [6.07, 6.45) is 0.944. The Hall–Kier alpha value is -1.74. The van der Waals surface area contributed by atoms with Gasteiger partial charge in [-0.25, -0.2) is 0 Å². The van der Waals surface area contributed by atoms with Gasteiger partial charge in [0.2, 0.25) is 0 Å². The van der Waals surface area contributed by atoms with Gasteiger partial charge in [-0.15, -0.1) is 0 Å². The number of phenolic OH excluding ortho intramolecular Hbond substituents is 1. The highest BCUT2D eigenvalue weighted by Gasteiger charge is 1.98. The Labute approximate surface area is 101 Å². The Bertz CT molecular complexity index is 459. The standard InChI is InChI=1S/C14H17NO2/c1-11-2-7-14(17-11)10-15-9-8-12-3-5-13(16)6-4-12/h2-7,15-16H,8-10H2,1H3. The van der Waals surface area contributed by atoms with Crippen molar-refractivity contribution in [2.75, 3.05) is 6.54 Å². The average molecular weight is 231 g/mol. The summed E-state index contributed by atoms with van der Waals surface area (Å²) >= 11 is 0. The van der Waals surface area contributed by atoms with E-state index in [-0.39, 0.29) is 0 Å². The molecule has 0 aliphatic heterocycles. The third-order valence-corrected chi connectivity index (χ3v) is 2.62. The number of phenols is 1. The molecular formula is C14H17NO2. The highest BCUT2D eigenvalue weighted by Crippen LogP contribution is 2.10. The first kappa shape index (κ1) is 11.7. The molecule has 90 valence electrons. The topological polar surface area (TPSA) is 45.4 Å². The number of benzene rings is 1. The third-order valence-electron chi connectivity index (χ3n) is 2.62. The summed E-state index contributed by atoms with van der Waals surface area (Å²) in [4.78, 5) is 0. The maximum absolute atomic E-state index is 9.15. The summed E-state index contributed by atoms with van der Waals surface area (Å²) in [6, 6.07) is 11.3. The van der Waals surface area contributed by atoms with Crippen molar-refractivity contribution in [2.45, 2.75) is 19.9 Å². The number of furan rings is 1. The second kappa shape index (κ2) is 5.55. The number of nitrogens with one attached hydrogen (secondary N) is 1. The van der Waals surface area contributed by atoms with Crippen LogP contribution >= 0.6 is 0 Å². The van der Waals surface area contributed by atoms with E-state index < -0.39 is 0 Å². The molecule has 1 aromatic carbocycles. The Kier molecular flexibility index (Phi) is 3.83. The minimum Gasteiger partial charge on any atom is -0.508 e. The van der Waals surface area contributed by atoms with Crippen LogP contribution < -0.4 is 5.32 Å². The highest BCUT2D eigenvalue weighted by atomic mass is 16.3. The molecule has 0 saturated carbocycles. The smallest absolute Gasteiger partial charge is 0.117 e. The third kappa shape index (κ3) is 3.64. The molecule has 0 radical (unpaired) electrons. The summed E-state index contributed by atoms with van der Waals surface area (Å²) < 4.78 is 5.46. The van der Waals surface area contributed by atoms with Crippen molar-refractivity contribution < 1.29 is 9.52 Å². The van der Waals surface area contributed by atoms with Crippen LogP contribution in [-0.4, -0.2) is 11.7 Å². The normalized spacial score (nSPS) is 10.6. The van der Waals surface area contributed by atoms with Crippen molar-refractivity contribution >= 4 is 0 Å². The molecule has 0 atom stereocenters. The number of hydrogen-bond donors (Lipinski definition) is 2. The molecular weight excluding hydrogens is 214 g/mol. The Morgan fingerprint density at radius 2 is 1.88 bits per heavy atom. The van der Waals surface area contributed by atoms with Crippen molar-refractivity contribution in [3.05, 3.63) is 53.5 Å². The maximum Gasteiger partial charge on any atom is 0.117 e. The first-order chi connectivity index (χ1) is 8.24. The minimum atomic E-state index is 0.313. The lowest BCUT2D eigenvalue weighted by atomic mass is 10.1. The van der Waals surface area contributed by atoms with E-state index in [1.165, 1.54) is 5.56 Å². The van der Waals surface area contributed by atoms with Gasteiger partial charge in [0.25, 0.3) is 0 Å². The fraction of sp³-hybridized carbons (Fsp3) is 0.286. The molecule has 17 heavy (non-hydrogen) atoms. The molecule has 0 amide bonds. The van der Waals surface area contributed by atoms with Crippen LogP contribution in [0.25, 0.3) is 0 Å². The van der Waals surface area contributed by atoms with E-state index in [1.807, 2.05) is 31.2 Å². The monoisotopic (exact) mass is 231 g/mol. The second-order valence-electron chi connectivity index (χ2n) is 4.11. The van der Waals surface area contributed by atoms with Crippen LogP contribution in [0.15, 0.2) is 40.8 Å². The van der Waals surface area contributed by atoms with Gasteiger partial charge in [0, 0.05) is 0 Å². The van der Waals surface area contributed by atoms with E-state index in [2.05, 4.69) is 5.32 Å². The summed E-state index contributed by atoms with van der Waals surface area (Å²) in [6.45, 7) is 3.59. The zero-order valence-electron chi connectivity index (χ0n) is 9.94. The molecule has 2 rings (SSSR count). The van der Waals surface area contributed by atoms with Crippen LogP contribution in [-0.2, 0) is 13.0 Å². The first-order valence-corrected chi connectivity index (χ1v) is 5.78. The van der Waals surface area contributed by atoms with Gasteiger partial charge in [-0.05, 0) is 49.7 Å². The lowest BCUT2D eigenvalue weighted by Gasteiger charge is -2.03. The van der Waals surface area contributed by atoms with E-state index >= 15 is 0 Å². The van der Waals surface area contributed by atoms with E-state index in [9.17, 15) is 0 Å². The highest BCUT2D eigenvalue weighted by molar-refractivity contribution is 5.25. The van der Waals surface area contributed by atoms with Crippen LogP contribution in [0.1, 0.15) is 17.1 Å². The molecule has 0 saturated heterocycles. The number of rotatable bonds is 5. The molecule has 0 aliphatic carbocycles. The van der Waals surface area contributed by atoms with Crippen LogP contribution in [0.2, 0.25) is 0 Å². The Morgan fingerprint density at radius 1 is 1.12 bits per heavy atom. The summed E-state index contributed by atoms with van der Waals surface area (Å²) in [7, 11) is 0. The van der Waals surface area contributed by atoms with Crippen molar-refractivity contribution in [1.82, 2.24) is 5.32 Å². The maximum atomic E-state index is 9.15. The predicted octanol–water partition coefficient (Wildman–Crippen LogP) is 2.63. The number of hydrogen-bond acceptors (Lipinski definition) is 3. The summed E-state index contributed by atoms with van der Waals surface area (Å²) in [5.41, 5.74) is 1.21. The molecule has 3 nitrogen and oxygen atoms in total. The second-order valence-corrected chi connectivity index (χ2v) is 4.11. The van der Waals surface area contributed by atoms with Gasteiger partial charge in [-0.3, -0.25) is 0 Å². The van der Waals surface area contributed by atoms with E-state index in [0.717, 1.165) is 31.0 Å². The fourth-order valence-corrected chi connectivity index (χ4v) is 1.69. The average Bonchev–Trinajstić information content (AvgIpc) is 2.73. The fourth-order valence-electron chi connectivity index (χ4n) is 1.69. The van der Waals surface area contributed by atoms with Crippen molar-refractivity contribution in [3.63, 3.8) is 0 Å². The van der Waals surface area contributed by atoms with Gasteiger partial charge in [0.15, 0.2) is 0 Å². The van der Waals surface area contributed by atoms with Crippen LogP contribution in [0.4, 0.5) is 0 Å². The van der Waals surface area contributed by atoms with Gasteiger partial charge in [0.1, 0.15) is 17.3 Å². The molecule has 0 unspecified atom stereocenters. The van der Waals surface area contributed by atoms with Crippen LogP contribution in [0.3, 0.4) is 0 Å². The molecule has 2 aromatic rings. The Morgan fingerprint density at radius 3 is 2.53 bits per heavy atom. The lowest BCUT2D eigenvalue weighted by molar-refractivity contribution is 0.462. The van der Waals surface area contributed by atoms with Gasteiger partial charge in [-0.1, -0.05) is 12.1 Å². The van der Waals surface area contributed by atoms with E-state index in [4.69, 9.17) is 9.52 Å². The minimum absolute atomic E-state index is 0.313. The van der Waals surface area contributed by atoms with Gasteiger partial charge in [-0.2, -0.15) is 0 Å². The summed E-state index contributed by atoms with van der Waals surface area (Å²) in [5, 5.41) is 12.5. The quantitative estimate of drug-likeness (QED) is 0.777. The van der Waals surface area contributed by atoms with Gasteiger partial charge < -0.3 is 14.8 Å². The molecule has 0 aliphatic rings. The molecule has 1 aromatic heterocycles. The number of aryl methyl sites for hydroxylation is 1. The van der Waals surface area contributed by atoms with Gasteiger partial charge in [0.05, 0.1) is 6.54 Å². The largest absolute Gasteiger partial charge is 0.508 e. The molecule has 0 spiro atoms. The summed E-state index contributed by atoms with van der Waals surface area (Å²) in [5.74, 6) is 2.22. The zero-order chi connectivity index (χ0) is 12.1. The Balaban J connectivity index is 1.71. The van der Waals surface area contributed by atoms with E-state index in [0.29, 0.717) is 5.75 Å². The predicted molar refractivity (Wildman–Crippen MR) is 67.0 cm³/mol. The number of aromatic hydroxyl groups is 1. The molecule has 3 heteroatoms.